The van der Waals surface area contributed by atoms with Crippen LogP contribution in [0.2, 0.25) is 0 Å². The highest BCUT2D eigenvalue weighted by molar-refractivity contribution is 4.77. The highest BCUT2D eigenvalue weighted by Crippen LogP contribution is 2.15. The van der Waals surface area contributed by atoms with Crippen molar-refractivity contribution in [3.63, 3.8) is 0 Å². The van der Waals surface area contributed by atoms with Crippen LogP contribution >= 0.6 is 0 Å². The van der Waals surface area contributed by atoms with Gasteiger partial charge in [-0.15, -0.1) is 0 Å². The number of rotatable bonds is 6. The summed E-state index contributed by atoms with van der Waals surface area (Å²) < 4.78 is 0. The summed E-state index contributed by atoms with van der Waals surface area (Å²) in [6.45, 7) is 5.08. The molecule has 2 heteroatoms. The first-order valence-corrected chi connectivity index (χ1v) is 4.61. The molecule has 0 rings (SSSR count). The van der Waals surface area contributed by atoms with Crippen LogP contribution in [-0.2, 0) is 0 Å². The Morgan fingerprint density at radius 2 is 1.73 bits per heavy atom. The van der Waals surface area contributed by atoms with E-state index >= 15 is 0 Å². The van der Waals surface area contributed by atoms with Crippen LogP contribution in [0.25, 0.3) is 0 Å². The van der Waals surface area contributed by atoms with E-state index in [2.05, 4.69) is 13.8 Å². The number of hydrogen-bond donors (Lipinski definition) is 2. The summed E-state index contributed by atoms with van der Waals surface area (Å²) in [7, 11) is 0. The first-order valence-electron chi connectivity index (χ1n) is 4.61. The Kier molecular flexibility index (Phi) is 5.51. The van der Waals surface area contributed by atoms with Crippen LogP contribution in [0.1, 0.15) is 46.0 Å². The molecule has 0 aliphatic rings. The Hall–Kier alpha value is -0.0800. The molecule has 0 aromatic rings. The lowest BCUT2D eigenvalue weighted by molar-refractivity contribution is 0.380. The molecule has 0 heterocycles. The first kappa shape index (κ1) is 10.9. The second-order valence-corrected chi connectivity index (χ2v) is 3.65. The Balaban J connectivity index is 3.43. The first-order chi connectivity index (χ1) is 5.12. The normalized spacial score (nSPS) is 16.4. The molecule has 0 spiro atoms. The van der Waals surface area contributed by atoms with Crippen molar-refractivity contribution in [3.05, 3.63) is 0 Å². The maximum atomic E-state index is 6.03. The van der Waals surface area contributed by atoms with Crippen LogP contribution < -0.4 is 11.5 Å². The van der Waals surface area contributed by atoms with Crippen LogP contribution in [0, 0.1) is 0 Å². The van der Waals surface area contributed by atoms with Gasteiger partial charge in [-0.1, -0.05) is 19.8 Å². The molecular weight excluding hydrogens is 136 g/mol. The molecule has 1 unspecified atom stereocenters. The van der Waals surface area contributed by atoms with Gasteiger partial charge in [0.1, 0.15) is 0 Å². The molecule has 0 saturated heterocycles. The van der Waals surface area contributed by atoms with E-state index in [0.29, 0.717) is 0 Å². The van der Waals surface area contributed by atoms with Crippen molar-refractivity contribution in [1.82, 2.24) is 0 Å². The lowest BCUT2D eigenvalue weighted by Crippen LogP contribution is -2.36. The van der Waals surface area contributed by atoms with Crippen LogP contribution in [0.5, 0.6) is 0 Å². The molecule has 0 fully saturated rings. The highest BCUT2D eigenvalue weighted by Gasteiger charge is 2.15. The van der Waals surface area contributed by atoms with Gasteiger partial charge in [-0.05, 0) is 32.7 Å². The van der Waals surface area contributed by atoms with E-state index in [-0.39, 0.29) is 5.54 Å². The van der Waals surface area contributed by atoms with Gasteiger partial charge in [0.05, 0.1) is 0 Å². The highest BCUT2D eigenvalue weighted by atomic mass is 14.7. The van der Waals surface area contributed by atoms with Crippen molar-refractivity contribution in [2.75, 3.05) is 6.54 Å². The van der Waals surface area contributed by atoms with Crippen LogP contribution in [0.3, 0.4) is 0 Å². The topological polar surface area (TPSA) is 52.0 Å². The molecule has 0 amide bonds. The van der Waals surface area contributed by atoms with E-state index in [4.69, 9.17) is 11.5 Å². The third-order valence-corrected chi connectivity index (χ3v) is 2.05. The molecule has 0 aliphatic carbocycles. The average molecular weight is 158 g/mol. The minimum absolute atomic E-state index is 0.0232. The van der Waals surface area contributed by atoms with E-state index in [9.17, 15) is 0 Å². The van der Waals surface area contributed by atoms with Gasteiger partial charge >= 0.3 is 0 Å². The second kappa shape index (κ2) is 5.56. The third-order valence-electron chi connectivity index (χ3n) is 2.05. The van der Waals surface area contributed by atoms with Crippen LogP contribution in [-0.4, -0.2) is 12.1 Å². The summed E-state index contributed by atoms with van der Waals surface area (Å²) in [5.41, 5.74) is 11.5. The zero-order valence-corrected chi connectivity index (χ0v) is 7.90. The molecule has 68 valence electrons. The van der Waals surface area contributed by atoms with Crippen LogP contribution in [0.4, 0.5) is 0 Å². The standard InChI is InChI=1S/C9H22N2/c1-3-4-6-9(2,11)7-5-8-10/h3-8,10-11H2,1-2H3. The minimum atomic E-state index is 0.0232. The Labute approximate surface area is 70.3 Å². The second-order valence-electron chi connectivity index (χ2n) is 3.65. The summed E-state index contributed by atoms with van der Waals surface area (Å²) in [5.74, 6) is 0. The summed E-state index contributed by atoms with van der Waals surface area (Å²) in [5, 5.41) is 0. The zero-order chi connectivity index (χ0) is 8.74. The van der Waals surface area contributed by atoms with Gasteiger partial charge in [0.25, 0.3) is 0 Å². The van der Waals surface area contributed by atoms with Gasteiger partial charge in [0.15, 0.2) is 0 Å². The fraction of sp³-hybridized carbons (Fsp3) is 1.00. The van der Waals surface area contributed by atoms with E-state index in [0.717, 1.165) is 25.8 Å². The van der Waals surface area contributed by atoms with Crippen LogP contribution in [0.15, 0.2) is 0 Å². The number of nitrogens with two attached hydrogens (primary N) is 2. The Morgan fingerprint density at radius 3 is 2.18 bits per heavy atom. The predicted octanol–water partition coefficient (Wildman–Crippen LogP) is 1.63. The van der Waals surface area contributed by atoms with Gasteiger partial charge in [-0.2, -0.15) is 0 Å². The van der Waals surface area contributed by atoms with Crippen molar-refractivity contribution < 1.29 is 0 Å². The zero-order valence-electron chi connectivity index (χ0n) is 7.90. The van der Waals surface area contributed by atoms with Gasteiger partial charge in [-0.25, -0.2) is 0 Å². The molecule has 0 saturated carbocycles. The molecule has 0 radical (unpaired) electrons. The number of hydrogen-bond acceptors (Lipinski definition) is 2. The van der Waals surface area contributed by atoms with Gasteiger partial charge in [0, 0.05) is 5.54 Å². The van der Waals surface area contributed by atoms with Crippen molar-refractivity contribution in [1.29, 1.82) is 0 Å². The lowest BCUT2D eigenvalue weighted by atomic mass is 9.91. The molecule has 2 nitrogen and oxygen atoms in total. The summed E-state index contributed by atoms with van der Waals surface area (Å²) in [6, 6.07) is 0. The molecule has 0 bridgehead atoms. The maximum absolute atomic E-state index is 6.03. The molecule has 0 aliphatic heterocycles. The molecule has 4 N–H and O–H groups in total. The maximum Gasteiger partial charge on any atom is 0.0126 e. The van der Waals surface area contributed by atoms with Gasteiger partial charge in [0.2, 0.25) is 0 Å². The van der Waals surface area contributed by atoms with Gasteiger partial charge < -0.3 is 11.5 Å². The summed E-state index contributed by atoms with van der Waals surface area (Å²) in [6.07, 6.45) is 5.71. The summed E-state index contributed by atoms with van der Waals surface area (Å²) in [4.78, 5) is 0. The average Bonchev–Trinajstić information content (AvgIpc) is 1.97. The van der Waals surface area contributed by atoms with E-state index in [1.54, 1.807) is 0 Å². The fourth-order valence-electron chi connectivity index (χ4n) is 1.21. The SMILES string of the molecule is CCCCC(C)(N)CCCN. The molecular formula is C9H22N2. The fourth-order valence-corrected chi connectivity index (χ4v) is 1.21. The van der Waals surface area contributed by atoms with Crippen molar-refractivity contribution in [2.45, 2.75) is 51.5 Å². The lowest BCUT2D eigenvalue weighted by Gasteiger charge is -2.23. The number of unbranched alkanes of at least 4 members (excludes halogenated alkanes) is 1. The monoisotopic (exact) mass is 158 g/mol. The van der Waals surface area contributed by atoms with Crippen molar-refractivity contribution in [3.8, 4) is 0 Å². The molecule has 1 atom stereocenters. The van der Waals surface area contributed by atoms with E-state index < -0.39 is 0 Å². The predicted molar refractivity (Wildman–Crippen MR) is 50.4 cm³/mol. The van der Waals surface area contributed by atoms with Crippen molar-refractivity contribution >= 4 is 0 Å². The Morgan fingerprint density at radius 1 is 1.18 bits per heavy atom. The Bertz CT molecular complexity index is 79.6. The van der Waals surface area contributed by atoms with Gasteiger partial charge in [-0.3, -0.25) is 0 Å². The molecule has 0 aromatic heterocycles. The summed E-state index contributed by atoms with van der Waals surface area (Å²) >= 11 is 0. The molecule has 11 heavy (non-hydrogen) atoms. The smallest absolute Gasteiger partial charge is 0.0126 e. The van der Waals surface area contributed by atoms with Crippen molar-refractivity contribution in [2.24, 2.45) is 11.5 Å². The minimum Gasteiger partial charge on any atom is -0.330 e. The largest absolute Gasteiger partial charge is 0.330 e. The molecule has 0 aromatic carbocycles. The quantitative estimate of drug-likeness (QED) is 0.617. The van der Waals surface area contributed by atoms with E-state index in [1.165, 1.54) is 12.8 Å². The third kappa shape index (κ3) is 6.32. The van der Waals surface area contributed by atoms with E-state index in [1.807, 2.05) is 0 Å².